The average Bonchev–Trinajstić information content (AvgIpc) is 2.84. The number of rotatable bonds is 7. The van der Waals surface area contributed by atoms with E-state index in [2.05, 4.69) is 20.5 Å². The standard InChI is InChI=1S/C26H29F3N4O3/c1-15(32-17-10-21(27)24(29)22(28)11-17)19-8-16(25(34)31-14-26(2,3)35)9-23-20(19)12-18(13-30-23)33-4-6-36-7-5-33/h8-13,15,32,35H,4-7,14H2,1-3H3,(H,31,34)/t15-/m0/s1. The SMILES string of the molecule is C[C@H](Nc1cc(F)c(F)c(F)c1)c1cc(C(=O)NCC(C)(C)O)cc2ncc(N3CCOCC3)cc12. The third kappa shape index (κ3) is 5.88. The van der Waals surface area contributed by atoms with Crippen LogP contribution in [-0.4, -0.2) is 54.4 Å². The molecule has 1 amide bonds. The lowest BCUT2D eigenvalue weighted by Gasteiger charge is -2.29. The van der Waals surface area contributed by atoms with Gasteiger partial charge in [0.15, 0.2) is 17.5 Å². The molecule has 1 saturated heterocycles. The van der Waals surface area contributed by atoms with Crippen LogP contribution in [0.3, 0.4) is 0 Å². The summed E-state index contributed by atoms with van der Waals surface area (Å²) in [4.78, 5) is 19.6. The van der Waals surface area contributed by atoms with Crippen LogP contribution in [0.4, 0.5) is 24.5 Å². The van der Waals surface area contributed by atoms with Gasteiger partial charge in [0, 0.05) is 54.4 Å². The summed E-state index contributed by atoms with van der Waals surface area (Å²) in [5.74, 6) is -4.54. The average molecular weight is 503 g/mol. The summed E-state index contributed by atoms with van der Waals surface area (Å²) >= 11 is 0. The number of carbonyl (C=O) groups is 1. The molecule has 0 bridgehead atoms. The van der Waals surface area contributed by atoms with Crippen LogP contribution in [0.25, 0.3) is 10.9 Å². The van der Waals surface area contributed by atoms with Gasteiger partial charge < -0.3 is 25.4 Å². The summed E-state index contributed by atoms with van der Waals surface area (Å²) in [6.45, 7) is 7.61. The monoisotopic (exact) mass is 502 g/mol. The molecular formula is C26H29F3N4O3. The number of hydrogen-bond donors (Lipinski definition) is 3. The minimum Gasteiger partial charge on any atom is -0.389 e. The molecular weight excluding hydrogens is 473 g/mol. The van der Waals surface area contributed by atoms with Crippen molar-refractivity contribution >= 4 is 28.2 Å². The van der Waals surface area contributed by atoms with E-state index in [1.165, 1.54) is 0 Å². The van der Waals surface area contributed by atoms with Crippen molar-refractivity contribution < 1.29 is 27.8 Å². The van der Waals surface area contributed by atoms with Gasteiger partial charge in [-0.25, -0.2) is 13.2 Å². The van der Waals surface area contributed by atoms with E-state index in [1.807, 2.05) is 6.07 Å². The van der Waals surface area contributed by atoms with Crippen LogP contribution in [0.2, 0.25) is 0 Å². The number of anilines is 2. The highest BCUT2D eigenvalue weighted by Crippen LogP contribution is 2.31. The van der Waals surface area contributed by atoms with Crippen LogP contribution in [-0.2, 0) is 4.74 Å². The molecule has 1 aliphatic rings. The molecule has 10 heteroatoms. The van der Waals surface area contributed by atoms with Crippen molar-refractivity contribution in [3.63, 3.8) is 0 Å². The molecule has 0 unspecified atom stereocenters. The number of halogens is 3. The number of nitrogens with one attached hydrogen (secondary N) is 2. The molecule has 1 aromatic heterocycles. The molecule has 2 aromatic carbocycles. The van der Waals surface area contributed by atoms with Gasteiger partial charge in [-0.1, -0.05) is 0 Å². The molecule has 0 aliphatic carbocycles. The lowest BCUT2D eigenvalue weighted by Crippen LogP contribution is -2.38. The van der Waals surface area contributed by atoms with E-state index in [9.17, 15) is 23.1 Å². The van der Waals surface area contributed by atoms with Gasteiger partial charge in [-0.2, -0.15) is 0 Å². The number of hydrogen-bond acceptors (Lipinski definition) is 6. The maximum atomic E-state index is 13.8. The predicted molar refractivity (Wildman–Crippen MR) is 132 cm³/mol. The Kier molecular flexibility index (Phi) is 7.37. The molecule has 1 atom stereocenters. The number of aromatic nitrogens is 1. The summed E-state index contributed by atoms with van der Waals surface area (Å²) in [5, 5.41) is 16.4. The van der Waals surface area contributed by atoms with Crippen molar-refractivity contribution in [3.8, 4) is 0 Å². The fourth-order valence-corrected chi connectivity index (χ4v) is 4.09. The van der Waals surface area contributed by atoms with Crippen molar-refractivity contribution in [2.75, 3.05) is 43.1 Å². The molecule has 7 nitrogen and oxygen atoms in total. The Morgan fingerprint density at radius 1 is 1.14 bits per heavy atom. The Morgan fingerprint density at radius 2 is 1.81 bits per heavy atom. The van der Waals surface area contributed by atoms with Gasteiger partial charge >= 0.3 is 0 Å². The minimum absolute atomic E-state index is 0.0462. The number of ether oxygens (including phenoxy) is 1. The first-order chi connectivity index (χ1) is 17.0. The van der Waals surface area contributed by atoms with E-state index < -0.39 is 35.0 Å². The molecule has 1 fully saturated rings. The number of benzene rings is 2. The van der Waals surface area contributed by atoms with Gasteiger partial charge in [0.1, 0.15) is 0 Å². The van der Waals surface area contributed by atoms with Gasteiger partial charge in [0.2, 0.25) is 0 Å². The van der Waals surface area contributed by atoms with E-state index >= 15 is 0 Å². The summed E-state index contributed by atoms with van der Waals surface area (Å²) < 4.78 is 46.5. The second-order valence-electron chi connectivity index (χ2n) is 9.54. The Morgan fingerprint density at radius 3 is 2.44 bits per heavy atom. The molecule has 1 aliphatic heterocycles. The zero-order valence-corrected chi connectivity index (χ0v) is 20.4. The summed E-state index contributed by atoms with van der Waals surface area (Å²) in [7, 11) is 0. The van der Waals surface area contributed by atoms with Crippen molar-refractivity contribution in [1.29, 1.82) is 0 Å². The number of amides is 1. The second-order valence-corrected chi connectivity index (χ2v) is 9.54. The zero-order valence-electron chi connectivity index (χ0n) is 20.4. The summed E-state index contributed by atoms with van der Waals surface area (Å²) in [6, 6.07) is 6.54. The quantitative estimate of drug-likeness (QED) is 0.421. The van der Waals surface area contributed by atoms with Crippen LogP contribution in [0.5, 0.6) is 0 Å². The Balaban J connectivity index is 1.74. The molecule has 0 saturated carbocycles. The van der Waals surface area contributed by atoms with E-state index in [4.69, 9.17) is 4.74 Å². The number of morpholine rings is 1. The second kappa shape index (κ2) is 10.3. The van der Waals surface area contributed by atoms with Gasteiger partial charge in [0.05, 0.1) is 36.2 Å². The molecule has 0 spiro atoms. The fourth-order valence-electron chi connectivity index (χ4n) is 4.09. The van der Waals surface area contributed by atoms with Crippen molar-refractivity contribution in [3.05, 3.63) is 65.1 Å². The van der Waals surface area contributed by atoms with Crippen molar-refractivity contribution in [2.24, 2.45) is 0 Å². The lowest BCUT2D eigenvalue weighted by molar-refractivity contribution is 0.0694. The highest BCUT2D eigenvalue weighted by atomic mass is 19.2. The van der Waals surface area contributed by atoms with E-state index in [-0.39, 0.29) is 12.2 Å². The highest BCUT2D eigenvalue weighted by molar-refractivity contribution is 5.99. The summed E-state index contributed by atoms with van der Waals surface area (Å²) in [5.41, 5.74) is 1.39. The Labute approximate surface area is 207 Å². The lowest BCUT2D eigenvalue weighted by atomic mass is 9.97. The number of fused-ring (bicyclic) bond motifs is 1. The number of aliphatic hydroxyl groups is 1. The van der Waals surface area contributed by atoms with Crippen molar-refractivity contribution in [1.82, 2.24) is 10.3 Å². The fraction of sp³-hybridized carbons (Fsp3) is 0.385. The Hall–Kier alpha value is -3.37. The largest absolute Gasteiger partial charge is 0.389 e. The smallest absolute Gasteiger partial charge is 0.251 e. The maximum Gasteiger partial charge on any atom is 0.251 e. The van der Waals surface area contributed by atoms with E-state index in [0.29, 0.717) is 42.9 Å². The van der Waals surface area contributed by atoms with Crippen LogP contribution >= 0.6 is 0 Å². The van der Waals surface area contributed by atoms with Gasteiger partial charge in [-0.3, -0.25) is 9.78 Å². The van der Waals surface area contributed by atoms with Crippen LogP contribution in [0.1, 0.15) is 42.7 Å². The Bertz CT molecular complexity index is 1250. The van der Waals surface area contributed by atoms with Gasteiger partial charge in [-0.15, -0.1) is 0 Å². The third-order valence-corrected chi connectivity index (χ3v) is 5.97. The molecule has 4 rings (SSSR count). The first-order valence-electron chi connectivity index (χ1n) is 11.7. The van der Waals surface area contributed by atoms with Crippen LogP contribution in [0.15, 0.2) is 36.5 Å². The molecule has 2 heterocycles. The van der Waals surface area contributed by atoms with E-state index in [0.717, 1.165) is 23.2 Å². The topological polar surface area (TPSA) is 86.7 Å². The van der Waals surface area contributed by atoms with Crippen molar-refractivity contribution in [2.45, 2.75) is 32.4 Å². The molecule has 192 valence electrons. The minimum atomic E-state index is -1.54. The van der Waals surface area contributed by atoms with Gasteiger partial charge in [0.25, 0.3) is 5.91 Å². The van der Waals surface area contributed by atoms with E-state index in [1.54, 1.807) is 39.1 Å². The number of carbonyl (C=O) groups excluding carboxylic acids is 1. The third-order valence-electron chi connectivity index (χ3n) is 5.97. The molecule has 0 radical (unpaired) electrons. The molecule has 3 aromatic rings. The van der Waals surface area contributed by atoms with Crippen LogP contribution in [0, 0.1) is 17.5 Å². The summed E-state index contributed by atoms with van der Waals surface area (Å²) in [6.07, 6.45) is 1.73. The maximum absolute atomic E-state index is 13.8. The van der Waals surface area contributed by atoms with Crippen LogP contribution < -0.4 is 15.5 Å². The predicted octanol–water partition coefficient (Wildman–Crippen LogP) is 4.16. The number of nitrogens with zero attached hydrogens (tertiary/aromatic N) is 2. The zero-order chi connectivity index (χ0) is 26.0. The first-order valence-corrected chi connectivity index (χ1v) is 11.7. The first kappa shape index (κ1) is 25.7. The molecule has 36 heavy (non-hydrogen) atoms. The normalized spacial score (nSPS) is 15.1. The molecule has 3 N–H and O–H groups in total. The number of pyridine rings is 1. The van der Waals surface area contributed by atoms with Gasteiger partial charge in [-0.05, 0) is 44.5 Å². The highest BCUT2D eigenvalue weighted by Gasteiger charge is 2.21.